The van der Waals surface area contributed by atoms with E-state index < -0.39 is 9.05 Å². The van der Waals surface area contributed by atoms with Crippen LogP contribution in [0.15, 0.2) is 11.2 Å². The lowest BCUT2D eigenvalue weighted by atomic mass is 10.2. The Morgan fingerprint density at radius 3 is 2.62 bits per heavy atom. The molecule has 0 aliphatic carbocycles. The van der Waals surface area contributed by atoms with Crippen LogP contribution in [0.4, 0.5) is 0 Å². The minimum Gasteiger partial charge on any atom is -0.332 e. The molecule has 0 fully saturated rings. The molecule has 0 unspecified atom stereocenters. The van der Waals surface area contributed by atoms with Gasteiger partial charge in [-0.1, -0.05) is 13.8 Å². The van der Waals surface area contributed by atoms with Crippen LogP contribution in [0.3, 0.4) is 0 Å². The smallest absolute Gasteiger partial charge is 0.280 e. The van der Waals surface area contributed by atoms with E-state index in [2.05, 4.69) is 4.98 Å². The van der Waals surface area contributed by atoms with Crippen LogP contribution < -0.4 is 0 Å². The van der Waals surface area contributed by atoms with Gasteiger partial charge in [-0.05, 0) is 6.26 Å². The summed E-state index contributed by atoms with van der Waals surface area (Å²) in [5.41, 5.74) is 0. The monoisotopic (exact) mass is 282 g/mol. The molecule has 1 aromatic heterocycles. The van der Waals surface area contributed by atoms with E-state index in [1.165, 1.54) is 6.20 Å². The molecule has 92 valence electrons. The third-order valence-corrected chi connectivity index (χ3v) is 3.85. The van der Waals surface area contributed by atoms with E-state index >= 15 is 0 Å². The maximum Gasteiger partial charge on any atom is 0.280 e. The van der Waals surface area contributed by atoms with Gasteiger partial charge in [0.15, 0.2) is 5.03 Å². The Labute approximate surface area is 105 Å². The highest BCUT2D eigenvalue weighted by molar-refractivity contribution is 8.13. The molecule has 1 rings (SSSR count). The minimum atomic E-state index is -3.73. The molecule has 0 spiro atoms. The highest BCUT2D eigenvalue weighted by atomic mass is 35.7. The summed E-state index contributed by atoms with van der Waals surface area (Å²) in [6, 6.07) is 0. The molecule has 0 aliphatic rings. The van der Waals surface area contributed by atoms with E-state index in [9.17, 15) is 8.42 Å². The average molecular weight is 283 g/mol. The van der Waals surface area contributed by atoms with Gasteiger partial charge in [-0.2, -0.15) is 11.8 Å². The van der Waals surface area contributed by atoms with Crippen LogP contribution in [0.2, 0.25) is 0 Å². The van der Waals surface area contributed by atoms with Gasteiger partial charge >= 0.3 is 0 Å². The predicted octanol–water partition coefficient (Wildman–Crippen LogP) is 2.30. The number of hydrogen-bond donors (Lipinski definition) is 0. The predicted molar refractivity (Wildman–Crippen MR) is 67.7 cm³/mol. The summed E-state index contributed by atoms with van der Waals surface area (Å²) in [4.78, 5) is 4.07. The highest BCUT2D eigenvalue weighted by Gasteiger charge is 2.19. The quantitative estimate of drug-likeness (QED) is 0.778. The number of halogens is 1. The van der Waals surface area contributed by atoms with Crippen molar-refractivity contribution in [3.05, 3.63) is 12.0 Å². The van der Waals surface area contributed by atoms with E-state index in [0.29, 0.717) is 0 Å². The number of aromatic nitrogens is 2. The Hall–Kier alpha value is -0.200. The maximum atomic E-state index is 11.2. The van der Waals surface area contributed by atoms with Gasteiger partial charge < -0.3 is 4.57 Å². The van der Waals surface area contributed by atoms with Gasteiger partial charge in [-0.15, -0.1) is 0 Å². The third-order valence-electron chi connectivity index (χ3n) is 2.09. The minimum absolute atomic E-state index is 0.0565. The van der Waals surface area contributed by atoms with Gasteiger partial charge in [-0.25, -0.2) is 13.4 Å². The van der Waals surface area contributed by atoms with E-state index in [1.54, 1.807) is 11.8 Å². The largest absolute Gasteiger partial charge is 0.332 e. The van der Waals surface area contributed by atoms with Gasteiger partial charge in [0.2, 0.25) is 0 Å². The first kappa shape index (κ1) is 13.9. The number of rotatable bonds is 5. The highest BCUT2D eigenvalue weighted by Crippen LogP contribution is 2.20. The fourth-order valence-electron chi connectivity index (χ4n) is 1.35. The van der Waals surface area contributed by atoms with E-state index in [0.717, 1.165) is 18.1 Å². The van der Waals surface area contributed by atoms with Gasteiger partial charge in [0.05, 0.1) is 0 Å². The molecule has 0 saturated carbocycles. The molecule has 1 heterocycles. The SMILES string of the molecule is CSCCn1cc(S(=O)(=O)Cl)nc1C(C)C. The zero-order chi connectivity index (χ0) is 12.3. The fourth-order valence-corrected chi connectivity index (χ4v) is 2.41. The molecular formula is C9H15ClN2O2S2. The summed E-state index contributed by atoms with van der Waals surface area (Å²) >= 11 is 1.70. The molecule has 0 aromatic carbocycles. The Morgan fingerprint density at radius 1 is 1.56 bits per heavy atom. The molecule has 1 aromatic rings. The molecule has 0 saturated heterocycles. The molecule has 7 heteroatoms. The average Bonchev–Trinajstić information content (AvgIpc) is 2.57. The summed E-state index contributed by atoms with van der Waals surface area (Å²) in [6.45, 7) is 4.69. The molecule has 0 bridgehead atoms. The van der Waals surface area contributed by atoms with Crippen molar-refractivity contribution in [1.82, 2.24) is 9.55 Å². The van der Waals surface area contributed by atoms with Gasteiger partial charge in [0.1, 0.15) is 5.82 Å². The van der Waals surface area contributed by atoms with Crippen LogP contribution in [0.25, 0.3) is 0 Å². The summed E-state index contributed by atoms with van der Waals surface area (Å²) in [5, 5.41) is -0.0565. The first-order valence-electron chi connectivity index (χ1n) is 4.87. The fraction of sp³-hybridized carbons (Fsp3) is 0.667. The van der Waals surface area contributed by atoms with Gasteiger partial charge in [0.25, 0.3) is 9.05 Å². The van der Waals surface area contributed by atoms with E-state index in [-0.39, 0.29) is 10.9 Å². The van der Waals surface area contributed by atoms with Crippen molar-refractivity contribution >= 4 is 31.5 Å². The molecule has 0 N–H and O–H groups in total. The van der Waals surface area contributed by atoms with Crippen molar-refractivity contribution in [2.45, 2.75) is 31.3 Å². The third kappa shape index (κ3) is 3.40. The molecule has 0 atom stereocenters. The topological polar surface area (TPSA) is 52.0 Å². The number of nitrogens with zero attached hydrogens (tertiary/aromatic N) is 2. The number of imidazole rings is 1. The van der Waals surface area contributed by atoms with E-state index in [4.69, 9.17) is 10.7 Å². The lowest BCUT2D eigenvalue weighted by molar-refractivity contribution is 0.606. The first-order chi connectivity index (χ1) is 7.36. The van der Waals surface area contributed by atoms with Crippen molar-refractivity contribution in [1.29, 1.82) is 0 Å². The normalized spacial score (nSPS) is 12.3. The molecule has 4 nitrogen and oxygen atoms in total. The Morgan fingerprint density at radius 2 is 2.19 bits per heavy atom. The standard InChI is InChI=1S/C9H15ClN2O2S2/c1-7(2)9-11-8(16(10,13)14)6-12(9)4-5-15-3/h6-7H,4-5H2,1-3H3. The van der Waals surface area contributed by atoms with Crippen molar-refractivity contribution in [3.63, 3.8) is 0 Å². The van der Waals surface area contributed by atoms with Gasteiger partial charge in [0, 0.05) is 35.1 Å². The summed E-state index contributed by atoms with van der Waals surface area (Å²) in [6.07, 6.45) is 3.51. The Balaban J connectivity index is 3.10. The Kier molecular flexibility index (Phi) is 4.70. The van der Waals surface area contributed by atoms with E-state index in [1.807, 2.05) is 24.7 Å². The van der Waals surface area contributed by atoms with Gasteiger partial charge in [-0.3, -0.25) is 0 Å². The van der Waals surface area contributed by atoms with Crippen LogP contribution in [-0.2, 0) is 15.6 Å². The van der Waals surface area contributed by atoms with Crippen molar-refractivity contribution in [2.24, 2.45) is 0 Å². The van der Waals surface area contributed by atoms with Crippen LogP contribution in [0, 0.1) is 0 Å². The first-order valence-corrected chi connectivity index (χ1v) is 8.57. The number of hydrogen-bond acceptors (Lipinski definition) is 4. The van der Waals surface area contributed by atoms with Crippen LogP contribution in [0.5, 0.6) is 0 Å². The molecular weight excluding hydrogens is 268 g/mol. The van der Waals surface area contributed by atoms with Crippen molar-refractivity contribution in [2.75, 3.05) is 12.0 Å². The zero-order valence-electron chi connectivity index (χ0n) is 9.47. The second-order valence-electron chi connectivity index (χ2n) is 3.72. The van der Waals surface area contributed by atoms with Crippen LogP contribution >= 0.6 is 22.4 Å². The lowest BCUT2D eigenvalue weighted by Gasteiger charge is -2.08. The van der Waals surface area contributed by atoms with Crippen molar-refractivity contribution in [3.8, 4) is 0 Å². The molecule has 0 radical (unpaired) electrons. The zero-order valence-corrected chi connectivity index (χ0v) is 11.9. The molecule has 0 amide bonds. The second kappa shape index (κ2) is 5.42. The summed E-state index contributed by atoms with van der Waals surface area (Å²) in [5.74, 6) is 1.85. The maximum absolute atomic E-state index is 11.2. The number of aryl methyl sites for hydroxylation is 1. The lowest BCUT2D eigenvalue weighted by Crippen LogP contribution is -2.06. The van der Waals surface area contributed by atoms with Crippen LogP contribution in [0.1, 0.15) is 25.6 Å². The summed E-state index contributed by atoms with van der Waals surface area (Å²) < 4.78 is 24.2. The second-order valence-corrected chi connectivity index (χ2v) is 7.21. The summed E-state index contributed by atoms with van der Waals surface area (Å²) in [7, 11) is 1.54. The number of thioether (sulfide) groups is 1. The van der Waals surface area contributed by atoms with Crippen LogP contribution in [-0.4, -0.2) is 30.0 Å². The molecule has 0 aliphatic heterocycles. The molecule has 16 heavy (non-hydrogen) atoms. The Bertz CT molecular complexity index is 454. The van der Waals surface area contributed by atoms with Crippen molar-refractivity contribution < 1.29 is 8.42 Å².